The van der Waals surface area contributed by atoms with Crippen LogP contribution < -0.4 is 0 Å². The molecule has 0 saturated carbocycles. The molecule has 5 heteroatoms. The molecule has 1 amide bonds. The molecule has 0 aromatic carbocycles. The van der Waals surface area contributed by atoms with E-state index in [1.807, 2.05) is 0 Å². The molecule has 1 atom stereocenters. The Balaban J connectivity index is 1.49. The molecule has 5 nitrogen and oxygen atoms in total. The van der Waals surface area contributed by atoms with Crippen molar-refractivity contribution in [2.45, 2.75) is 51.2 Å². The summed E-state index contributed by atoms with van der Waals surface area (Å²) in [6.07, 6.45) is 3.96. The highest BCUT2D eigenvalue weighted by molar-refractivity contribution is 5.79. The van der Waals surface area contributed by atoms with Gasteiger partial charge >= 0.3 is 0 Å². The molecule has 22 heavy (non-hydrogen) atoms. The van der Waals surface area contributed by atoms with Crippen LogP contribution in [-0.2, 0) is 14.3 Å². The minimum atomic E-state index is -0.148. The third kappa shape index (κ3) is 3.81. The van der Waals surface area contributed by atoms with Gasteiger partial charge in [-0.15, -0.1) is 0 Å². The second-order valence-corrected chi connectivity index (χ2v) is 7.50. The number of likely N-dealkylation sites (tertiary alicyclic amines) is 1. The van der Waals surface area contributed by atoms with Crippen molar-refractivity contribution < 1.29 is 14.3 Å². The van der Waals surface area contributed by atoms with Gasteiger partial charge in [-0.1, -0.05) is 0 Å². The van der Waals surface area contributed by atoms with E-state index in [1.54, 1.807) is 0 Å². The van der Waals surface area contributed by atoms with Gasteiger partial charge in [-0.25, -0.2) is 0 Å². The normalized spacial score (nSPS) is 31.2. The molecule has 0 radical (unpaired) electrons. The molecule has 0 aliphatic carbocycles. The molecule has 0 N–H and O–H groups in total. The van der Waals surface area contributed by atoms with E-state index in [1.165, 1.54) is 0 Å². The average molecular weight is 310 g/mol. The number of hydrogen-bond acceptors (Lipinski definition) is 4. The maximum absolute atomic E-state index is 12.8. The second kappa shape index (κ2) is 6.85. The molecule has 3 heterocycles. The number of hydrogen-bond donors (Lipinski definition) is 0. The first-order valence-electron chi connectivity index (χ1n) is 8.80. The molecule has 3 rings (SSSR count). The SMILES string of the molecule is CC1(C)C[C@@H](C(=O)N2CCC(N3CCOCC3)CC2)CCO1. The fraction of sp³-hybridized carbons (Fsp3) is 0.941. The van der Waals surface area contributed by atoms with Gasteiger partial charge in [-0.05, 0) is 39.5 Å². The minimum Gasteiger partial charge on any atom is -0.379 e. The molecule has 3 aliphatic rings. The standard InChI is InChI=1S/C17H30N2O3/c1-17(2)13-14(5-10-22-17)16(20)19-6-3-15(4-7-19)18-8-11-21-12-9-18/h14-15H,3-13H2,1-2H3/t14-/m0/s1. The molecular weight excluding hydrogens is 280 g/mol. The maximum atomic E-state index is 12.8. The lowest BCUT2D eigenvalue weighted by molar-refractivity contribution is -0.147. The molecule has 0 unspecified atom stereocenters. The van der Waals surface area contributed by atoms with Crippen LogP contribution in [0.4, 0.5) is 0 Å². The number of carbonyl (C=O) groups is 1. The number of morpholine rings is 1. The summed E-state index contributed by atoms with van der Waals surface area (Å²) in [4.78, 5) is 17.4. The van der Waals surface area contributed by atoms with Crippen LogP contribution >= 0.6 is 0 Å². The van der Waals surface area contributed by atoms with Crippen molar-refractivity contribution >= 4 is 5.91 Å². The Morgan fingerprint density at radius 1 is 1.00 bits per heavy atom. The third-order valence-corrected chi connectivity index (χ3v) is 5.38. The van der Waals surface area contributed by atoms with Crippen molar-refractivity contribution in [2.75, 3.05) is 46.0 Å². The number of ether oxygens (including phenoxy) is 2. The van der Waals surface area contributed by atoms with E-state index in [4.69, 9.17) is 9.47 Å². The Morgan fingerprint density at radius 3 is 2.32 bits per heavy atom. The molecule has 3 saturated heterocycles. The second-order valence-electron chi connectivity index (χ2n) is 7.50. The largest absolute Gasteiger partial charge is 0.379 e. The smallest absolute Gasteiger partial charge is 0.225 e. The monoisotopic (exact) mass is 310 g/mol. The third-order valence-electron chi connectivity index (χ3n) is 5.38. The molecular formula is C17H30N2O3. The highest BCUT2D eigenvalue weighted by Crippen LogP contribution is 2.30. The average Bonchev–Trinajstić information content (AvgIpc) is 2.54. The minimum absolute atomic E-state index is 0.148. The summed E-state index contributed by atoms with van der Waals surface area (Å²) >= 11 is 0. The Morgan fingerprint density at radius 2 is 1.68 bits per heavy atom. The molecule has 0 aromatic rings. The predicted octanol–water partition coefficient (Wildman–Crippen LogP) is 1.51. The number of rotatable bonds is 2. The fourth-order valence-corrected chi connectivity index (χ4v) is 4.09. The Labute approximate surface area is 133 Å². The topological polar surface area (TPSA) is 42.0 Å². The Hall–Kier alpha value is -0.650. The first-order chi connectivity index (χ1) is 10.6. The van der Waals surface area contributed by atoms with Crippen LogP contribution in [0.2, 0.25) is 0 Å². The number of amides is 1. The van der Waals surface area contributed by atoms with E-state index < -0.39 is 0 Å². The lowest BCUT2D eigenvalue weighted by Crippen LogP contribution is -2.52. The lowest BCUT2D eigenvalue weighted by atomic mass is 9.87. The van der Waals surface area contributed by atoms with E-state index in [2.05, 4.69) is 23.6 Å². The van der Waals surface area contributed by atoms with Crippen LogP contribution in [0.1, 0.15) is 39.5 Å². The maximum Gasteiger partial charge on any atom is 0.225 e. The number of piperidine rings is 1. The van der Waals surface area contributed by atoms with Crippen LogP contribution in [0.15, 0.2) is 0 Å². The van der Waals surface area contributed by atoms with Gasteiger partial charge in [0.2, 0.25) is 5.91 Å². The van der Waals surface area contributed by atoms with Crippen LogP contribution in [0, 0.1) is 5.92 Å². The Kier molecular flexibility index (Phi) is 5.05. The molecule has 3 fully saturated rings. The van der Waals surface area contributed by atoms with Crippen LogP contribution in [0.5, 0.6) is 0 Å². The van der Waals surface area contributed by atoms with E-state index in [0.717, 1.165) is 65.1 Å². The quantitative estimate of drug-likeness (QED) is 0.775. The van der Waals surface area contributed by atoms with Crippen molar-refractivity contribution in [3.8, 4) is 0 Å². The fourth-order valence-electron chi connectivity index (χ4n) is 4.09. The van der Waals surface area contributed by atoms with Crippen molar-refractivity contribution in [1.29, 1.82) is 0 Å². The lowest BCUT2D eigenvalue weighted by Gasteiger charge is -2.42. The van der Waals surface area contributed by atoms with Crippen molar-refractivity contribution in [3.63, 3.8) is 0 Å². The highest BCUT2D eigenvalue weighted by Gasteiger charge is 2.36. The van der Waals surface area contributed by atoms with Gasteiger partial charge in [0, 0.05) is 44.7 Å². The highest BCUT2D eigenvalue weighted by atomic mass is 16.5. The molecule has 0 spiro atoms. The Bertz CT molecular complexity index is 385. The summed E-state index contributed by atoms with van der Waals surface area (Å²) in [5, 5.41) is 0. The van der Waals surface area contributed by atoms with Gasteiger partial charge < -0.3 is 14.4 Å². The summed E-state index contributed by atoms with van der Waals surface area (Å²) in [5.74, 6) is 0.514. The van der Waals surface area contributed by atoms with Gasteiger partial charge in [0.1, 0.15) is 0 Å². The zero-order chi connectivity index (χ0) is 15.6. The zero-order valence-corrected chi connectivity index (χ0v) is 14.1. The first kappa shape index (κ1) is 16.2. The van der Waals surface area contributed by atoms with Gasteiger partial charge in [-0.3, -0.25) is 9.69 Å². The van der Waals surface area contributed by atoms with E-state index in [0.29, 0.717) is 18.6 Å². The van der Waals surface area contributed by atoms with Crippen LogP contribution in [0.3, 0.4) is 0 Å². The zero-order valence-electron chi connectivity index (χ0n) is 14.1. The van der Waals surface area contributed by atoms with E-state index in [9.17, 15) is 4.79 Å². The van der Waals surface area contributed by atoms with Gasteiger partial charge in [-0.2, -0.15) is 0 Å². The predicted molar refractivity (Wildman–Crippen MR) is 84.7 cm³/mol. The number of nitrogens with zero attached hydrogens (tertiary/aromatic N) is 2. The van der Waals surface area contributed by atoms with Crippen molar-refractivity contribution in [1.82, 2.24) is 9.80 Å². The molecule has 126 valence electrons. The molecule has 3 aliphatic heterocycles. The summed E-state index contributed by atoms with van der Waals surface area (Å²) in [6, 6.07) is 0.638. The van der Waals surface area contributed by atoms with Gasteiger partial charge in [0.15, 0.2) is 0 Å². The summed E-state index contributed by atoms with van der Waals surface area (Å²) < 4.78 is 11.2. The molecule has 0 bridgehead atoms. The number of carbonyl (C=O) groups excluding carboxylic acids is 1. The van der Waals surface area contributed by atoms with Crippen molar-refractivity contribution in [2.24, 2.45) is 5.92 Å². The van der Waals surface area contributed by atoms with E-state index >= 15 is 0 Å². The van der Waals surface area contributed by atoms with Gasteiger partial charge in [0.05, 0.1) is 18.8 Å². The summed E-state index contributed by atoms with van der Waals surface area (Å²) in [7, 11) is 0. The summed E-state index contributed by atoms with van der Waals surface area (Å²) in [6.45, 7) is 10.5. The first-order valence-corrected chi connectivity index (χ1v) is 8.80. The van der Waals surface area contributed by atoms with Gasteiger partial charge in [0.25, 0.3) is 0 Å². The molecule has 0 aromatic heterocycles. The van der Waals surface area contributed by atoms with Crippen LogP contribution in [-0.4, -0.2) is 73.3 Å². The summed E-state index contributed by atoms with van der Waals surface area (Å²) in [5.41, 5.74) is -0.148. The van der Waals surface area contributed by atoms with Crippen molar-refractivity contribution in [3.05, 3.63) is 0 Å². The van der Waals surface area contributed by atoms with E-state index in [-0.39, 0.29) is 11.5 Å². The van der Waals surface area contributed by atoms with Crippen LogP contribution in [0.25, 0.3) is 0 Å².